The lowest BCUT2D eigenvalue weighted by Crippen LogP contribution is -2.33. The predicted octanol–water partition coefficient (Wildman–Crippen LogP) is 4.10. The van der Waals surface area contributed by atoms with Gasteiger partial charge < -0.3 is 5.11 Å². The normalized spacial score (nSPS) is 12.9. The van der Waals surface area contributed by atoms with Crippen LogP contribution in [0, 0.1) is 17.3 Å². The minimum absolute atomic E-state index is 0.223. The van der Waals surface area contributed by atoms with Crippen molar-refractivity contribution in [1.29, 1.82) is 0 Å². The van der Waals surface area contributed by atoms with Crippen molar-refractivity contribution in [1.82, 2.24) is 0 Å². The molecule has 0 spiro atoms. The fourth-order valence-corrected chi connectivity index (χ4v) is 2.22. The molecule has 24 heavy (non-hydrogen) atoms. The van der Waals surface area contributed by atoms with Crippen molar-refractivity contribution in [2.45, 2.75) is 26.9 Å². The first-order valence-electron chi connectivity index (χ1n) is 7.94. The average Bonchev–Trinajstić information content (AvgIpc) is 2.58. The van der Waals surface area contributed by atoms with Gasteiger partial charge in [0, 0.05) is 16.6 Å². The summed E-state index contributed by atoms with van der Waals surface area (Å²) < 4.78 is 0. The van der Waals surface area contributed by atoms with Crippen molar-refractivity contribution in [3.63, 3.8) is 0 Å². The molecule has 0 heterocycles. The Kier molecular flexibility index (Phi) is 5.73. The van der Waals surface area contributed by atoms with Crippen molar-refractivity contribution in [2.24, 2.45) is 5.41 Å². The molecule has 0 aliphatic carbocycles. The molecule has 2 aromatic rings. The van der Waals surface area contributed by atoms with Gasteiger partial charge in [-0.15, -0.1) is 0 Å². The number of rotatable bonds is 3. The smallest absolute Gasteiger partial charge is 0.171 e. The summed E-state index contributed by atoms with van der Waals surface area (Å²) in [5.41, 5.74) is 1.59. The van der Waals surface area contributed by atoms with Gasteiger partial charge in [-0.3, -0.25) is 4.79 Å². The second kappa shape index (κ2) is 7.77. The van der Waals surface area contributed by atoms with E-state index in [1.165, 1.54) is 0 Å². The number of allylic oxidation sites excluding steroid dienone is 1. The van der Waals surface area contributed by atoms with E-state index in [-0.39, 0.29) is 5.78 Å². The number of aliphatic hydroxyl groups is 1. The summed E-state index contributed by atoms with van der Waals surface area (Å²) in [5, 5.41) is 10.6. The van der Waals surface area contributed by atoms with Crippen molar-refractivity contribution in [3.05, 3.63) is 77.9 Å². The SMILES string of the molecule is CC(C)(C)C(=O)C(O)C(=CC#Cc1ccccc1)c1ccccc1. The highest BCUT2D eigenvalue weighted by molar-refractivity contribution is 5.99. The Morgan fingerprint density at radius 1 is 1.00 bits per heavy atom. The average molecular weight is 318 g/mol. The summed E-state index contributed by atoms with van der Waals surface area (Å²) in [4.78, 5) is 12.5. The van der Waals surface area contributed by atoms with Crippen LogP contribution in [-0.4, -0.2) is 17.0 Å². The van der Waals surface area contributed by atoms with Gasteiger partial charge in [0.2, 0.25) is 0 Å². The zero-order valence-electron chi connectivity index (χ0n) is 14.3. The van der Waals surface area contributed by atoms with Gasteiger partial charge in [-0.2, -0.15) is 0 Å². The van der Waals surface area contributed by atoms with Crippen LogP contribution in [0.2, 0.25) is 0 Å². The molecule has 1 N–H and O–H groups in total. The van der Waals surface area contributed by atoms with Crippen LogP contribution in [0.15, 0.2) is 66.7 Å². The Morgan fingerprint density at radius 2 is 1.54 bits per heavy atom. The zero-order chi connectivity index (χ0) is 17.6. The summed E-state index contributed by atoms with van der Waals surface area (Å²) in [6, 6.07) is 19.0. The lowest BCUT2D eigenvalue weighted by atomic mass is 9.83. The van der Waals surface area contributed by atoms with Gasteiger partial charge in [0.05, 0.1) is 0 Å². The van der Waals surface area contributed by atoms with Gasteiger partial charge in [-0.25, -0.2) is 0 Å². The summed E-state index contributed by atoms with van der Waals surface area (Å²) in [5.74, 6) is 5.77. The highest BCUT2D eigenvalue weighted by atomic mass is 16.3. The number of carbonyl (C=O) groups excluding carboxylic acids is 1. The molecule has 0 amide bonds. The molecule has 0 saturated heterocycles. The number of Topliss-reactive ketones (excluding diaryl/α,β-unsaturated/α-hetero) is 1. The van der Waals surface area contributed by atoms with E-state index in [0.29, 0.717) is 5.57 Å². The molecule has 0 radical (unpaired) electrons. The van der Waals surface area contributed by atoms with E-state index in [1.807, 2.05) is 60.7 Å². The zero-order valence-corrected chi connectivity index (χ0v) is 14.3. The van der Waals surface area contributed by atoms with Crippen LogP contribution in [-0.2, 0) is 4.79 Å². The summed E-state index contributed by atoms with van der Waals surface area (Å²) >= 11 is 0. The third-order valence-electron chi connectivity index (χ3n) is 3.61. The van der Waals surface area contributed by atoms with E-state index in [4.69, 9.17) is 0 Å². The van der Waals surface area contributed by atoms with Gasteiger partial charge in [0.1, 0.15) is 6.10 Å². The maximum absolute atomic E-state index is 12.5. The minimum atomic E-state index is -1.20. The molecule has 2 rings (SSSR count). The predicted molar refractivity (Wildman–Crippen MR) is 98.2 cm³/mol. The Labute approximate surface area is 143 Å². The van der Waals surface area contributed by atoms with Crippen LogP contribution in [0.4, 0.5) is 0 Å². The molecular formula is C22H22O2. The van der Waals surface area contributed by atoms with Crippen LogP contribution in [0.25, 0.3) is 5.57 Å². The van der Waals surface area contributed by atoms with Gasteiger partial charge in [-0.1, -0.05) is 81.1 Å². The molecule has 2 nitrogen and oxygen atoms in total. The topological polar surface area (TPSA) is 37.3 Å². The number of aliphatic hydroxyl groups excluding tert-OH is 1. The molecule has 1 unspecified atom stereocenters. The highest BCUT2D eigenvalue weighted by Crippen LogP contribution is 2.25. The van der Waals surface area contributed by atoms with Gasteiger partial charge >= 0.3 is 0 Å². The van der Waals surface area contributed by atoms with E-state index in [1.54, 1.807) is 26.8 Å². The molecule has 0 aliphatic rings. The first-order chi connectivity index (χ1) is 11.4. The van der Waals surface area contributed by atoms with E-state index < -0.39 is 11.5 Å². The quantitative estimate of drug-likeness (QED) is 0.865. The van der Waals surface area contributed by atoms with Gasteiger partial charge in [0.15, 0.2) is 5.78 Å². The maximum Gasteiger partial charge on any atom is 0.171 e. The van der Waals surface area contributed by atoms with Crippen molar-refractivity contribution in [2.75, 3.05) is 0 Å². The fourth-order valence-electron chi connectivity index (χ4n) is 2.22. The molecular weight excluding hydrogens is 296 g/mol. The second-order valence-electron chi connectivity index (χ2n) is 6.62. The van der Waals surface area contributed by atoms with E-state index in [0.717, 1.165) is 11.1 Å². The Balaban J connectivity index is 2.39. The number of hydrogen-bond donors (Lipinski definition) is 1. The minimum Gasteiger partial charge on any atom is -0.380 e. The third-order valence-corrected chi connectivity index (χ3v) is 3.61. The van der Waals surface area contributed by atoms with E-state index in [9.17, 15) is 9.90 Å². The standard InChI is InChI=1S/C22H22O2/c1-22(2,3)21(24)20(23)19(18-14-8-5-9-15-18)16-10-13-17-11-6-4-7-12-17/h4-9,11-12,14-16,20,23H,1-3H3. The number of benzene rings is 2. The molecule has 0 fully saturated rings. The Hall–Kier alpha value is -2.63. The van der Waals surface area contributed by atoms with Crippen LogP contribution >= 0.6 is 0 Å². The van der Waals surface area contributed by atoms with Crippen LogP contribution in [0.1, 0.15) is 31.9 Å². The number of carbonyl (C=O) groups is 1. The molecule has 0 aliphatic heterocycles. The lowest BCUT2D eigenvalue weighted by Gasteiger charge is -2.22. The molecule has 0 bridgehead atoms. The van der Waals surface area contributed by atoms with Crippen LogP contribution < -0.4 is 0 Å². The van der Waals surface area contributed by atoms with E-state index in [2.05, 4.69) is 11.8 Å². The van der Waals surface area contributed by atoms with E-state index >= 15 is 0 Å². The van der Waals surface area contributed by atoms with Gasteiger partial charge in [0.25, 0.3) is 0 Å². The lowest BCUT2D eigenvalue weighted by molar-refractivity contribution is -0.132. The van der Waals surface area contributed by atoms with Gasteiger partial charge in [-0.05, 0) is 23.8 Å². The van der Waals surface area contributed by atoms with Crippen molar-refractivity contribution >= 4 is 11.4 Å². The Morgan fingerprint density at radius 3 is 2.08 bits per heavy atom. The molecule has 0 aromatic heterocycles. The molecule has 2 aromatic carbocycles. The van der Waals surface area contributed by atoms with Crippen LogP contribution in [0.3, 0.4) is 0 Å². The highest BCUT2D eigenvalue weighted by Gasteiger charge is 2.30. The second-order valence-corrected chi connectivity index (χ2v) is 6.62. The summed E-state index contributed by atoms with van der Waals surface area (Å²) in [6.07, 6.45) is 0.439. The molecule has 2 heteroatoms. The summed E-state index contributed by atoms with van der Waals surface area (Å²) in [6.45, 7) is 5.41. The molecule has 122 valence electrons. The number of hydrogen-bond acceptors (Lipinski definition) is 2. The maximum atomic E-state index is 12.5. The monoisotopic (exact) mass is 318 g/mol. The molecule has 0 saturated carbocycles. The Bertz CT molecular complexity index is 769. The number of ketones is 1. The van der Waals surface area contributed by atoms with Crippen molar-refractivity contribution < 1.29 is 9.90 Å². The molecule has 1 atom stereocenters. The third kappa shape index (κ3) is 4.68. The van der Waals surface area contributed by atoms with Crippen molar-refractivity contribution in [3.8, 4) is 11.8 Å². The van der Waals surface area contributed by atoms with Crippen LogP contribution in [0.5, 0.6) is 0 Å². The largest absolute Gasteiger partial charge is 0.380 e. The summed E-state index contributed by atoms with van der Waals surface area (Å²) in [7, 11) is 0. The first-order valence-corrected chi connectivity index (χ1v) is 7.94. The first kappa shape index (κ1) is 17.7. The fraction of sp³-hybridized carbons (Fsp3) is 0.227.